The Morgan fingerprint density at radius 2 is 1.60 bits per heavy atom. The fourth-order valence-electron chi connectivity index (χ4n) is 2.09. The van der Waals surface area contributed by atoms with E-state index in [0.717, 1.165) is 31.6 Å². The largest absolute Gasteiger partial charge is 0.316 e. The Bertz CT molecular complexity index is 395. The first-order chi connectivity index (χ1) is 9.40. The minimum Gasteiger partial charge on any atom is -0.316 e. The standard InChI is InChI=1S/C16H24F3N/c1-11(2)10-20-7-6-12(3)4-5-14-15(18)8-13(17)9-16(14)19/h8-9,11-12,20H,4-7,10H2,1-3H3. The number of halogens is 3. The van der Waals surface area contributed by atoms with Crippen LogP contribution in [0.3, 0.4) is 0 Å². The van der Waals surface area contributed by atoms with Crippen molar-refractivity contribution in [3.05, 3.63) is 35.1 Å². The van der Waals surface area contributed by atoms with Gasteiger partial charge >= 0.3 is 0 Å². The molecule has 1 aromatic carbocycles. The van der Waals surface area contributed by atoms with Crippen LogP contribution in [0.4, 0.5) is 13.2 Å². The smallest absolute Gasteiger partial charge is 0.132 e. The van der Waals surface area contributed by atoms with Crippen molar-refractivity contribution in [2.45, 2.75) is 40.0 Å². The van der Waals surface area contributed by atoms with Gasteiger partial charge in [-0.1, -0.05) is 20.8 Å². The van der Waals surface area contributed by atoms with Crippen LogP contribution in [0.15, 0.2) is 12.1 Å². The van der Waals surface area contributed by atoms with Crippen LogP contribution >= 0.6 is 0 Å². The van der Waals surface area contributed by atoms with E-state index in [1.807, 2.05) is 0 Å². The zero-order valence-corrected chi connectivity index (χ0v) is 12.5. The number of hydrogen-bond donors (Lipinski definition) is 1. The molecule has 0 saturated carbocycles. The summed E-state index contributed by atoms with van der Waals surface area (Å²) >= 11 is 0. The van der Waals surface area contributed by atoms with Crippen molar-refractivity contribution >= 4 is 0 Å². The molecule has 0 aliphatic heterocycles. The van der Waals surface area contributed by atoms with Gasteiger partial charge < -0.3 is 5.32 Å². The summed E-state index contributed by atoms with van der Waals surface area (Å²) in [5.74, 6) is -1.44. The molecule has 1 unspecified atom stereocenters. The molecule has 0 heterocycles. The monoisotopic (exact) mass is 287 g/mol. The van der Waals surface area contributed by atoms with Crippen LogP contribution in [0.25, 0.3) is 0 Å². The summed E-state index contributed by atoms with van der Waals surface area (Å²) in [4.78, 5) is 0. The average Bonchev–Trinajstić information content (AvgIpc) is 2.33. The molecule has 1 rings (SSSR count). The molecular weight excluding hydrogens is 263 g/mol. The molecular formula is C16H24F3N. The number of rotatable bonds is 8. The average molecular weight is 287 g/mol. The molecule has 0 fully saturated rings. The minimum atomic E-state index is -0.866. The molecule has 0 amide bonds. The van der Waals surface area contributed by atoms with E-state index in [2.05, 4.69) is 26.1 Å². The van der Waals surface area contributed by atoms with Crippen LogP contribution in [0.5, 0.6) is 0 Å². The molecule has 0 saturated heterocycles. The second-order valence-corrected chi connectivity index (χ2v) is 5.88. The fraction of sp³-hybridized carbons (Fsp3) is 0.625. The Morgan fingerprint density at radius 1 is 1.00 bits per heavy atom. The summed E-state index contributed by atoms with van der Waals surface area (Å²) in [5.41, 5.74) is -0.00612. The third-order valence-electron chi connectivity index (χ3n) is 3.36. The first-order valence-electron chi connectivity index (χ1n) is 7.24. The van der Waals surface area contributed by atoms with Gasteiger partial charge in [-0.05, 0) is 44.2 Å². The van der Waals surface area contributed by atoms with Crippen LogP contribution in [0.2, 0.25) is 0 Å². The summed E-state index contributed by atoms with van der Waals surface area (Å²) in [6, 6.07) is 1.49. The zero-order valence-electron chi connectivity index (χ0n) is 12.5. The SMILES string of the molecule is CC(C)CNCCC(C)CCc1c(F)cc(F)cc1F. The van der Waals surface area contributed by atoms with E-state index in [-0.39, 0.29) is 5.56 Å². The second kappa shape index (κ2) is 8.30. The van der Waals surface area contributed by atoms with E-state index in [1.54, 1.807) is 0 Å². The summed E-state index contributed by atoms with van der Waals surface area (Å²) in [6.45, 7) is 8.26. The molecule has 4 heteroatoms. The Labute approximate surface area is 119 Å². The second-order valence-electron chi connectivity index (χ2n) is 5.88. The Morgan fingerprint density at radius 3 is 2.15 bits per heavy atom. The summed E-state index contributed by atoms with van der Waals surface area (Å²) in [7, 11) is 0. The van der Waals surface area contributed by atoms with Crippen molar-refractivity contribution in [3.63, 3.8) is 0 Å². The summed E-state index contributed by atoms with van der Waals surface area (Å²) in [6.07, 6.45) is 1.98. The van der Waals surface area contributed by atoms with Gasteiger partial charge in [0.05, 0.1) is 0 Å². The van der Waals surface area contributed by atoms with Crippen molar-refractivity contribution in [2.75, 3.05) is 13.1 Å². The van der Waals surface area contributed by atoms with E-state index in [1.165, 1.54) is 0 Å². The molecule has 1 nitrogen and oxygen atoms in total. The first kappa shape index (κ1) is 17.0. The van der Waals surface area contributed by atoms with E-state index < -0.39 is 17.5 Å². The number of nitrogens with one attached hydrogen (secondary N) is 1. The van der Waals surface area contributed by atoms with Gasteiger partial charge in [0.1, 0.15) is 17.5 Å². The lowest BCUT2D eigenvalue weighted by atomic mass is 9.97. The maximum absolute atomic E-state index is 13.5. The molecule has 0 spiro atoms. The van der Waals surface area contributed by atoms with Crippen LogP contribution in [-0.2, 0) is 6.42 Å². The van der Waals surface area contributed by atoms with Crippen LogP contribution < -0.4 is 5.32 Å². The van der Waals surface area contributed by atoms with Crippen LogP contribution in [-0.4, -0.2) is 13.1 Å². The normalized spacial score (nSPS) is 12.9. The Balaban J connectivity index is 2.36. The highest BCUT2D eigenvalue weighted by atomic mass is 19.1. The van der Waals surface area contributed by atoms with Crippen molar-refractivity contribution in [2.24, 2.45) is 11.8 Å². The maximum Gasteiger partial charge on any atom is 0.132 e. The predicted molar refractivity (Wildman–Crippen MR) is 76.1 cm³/mol. The highest BCUT2D eigenvalue weighted by Gasteiger charge is 2.12. The van der Waals surface area contributed by atoms with Crippen molar-refractivity contribution in [3.8, 4) is 0 Å². The van der Waals surface area contributed by atoms with E-state index >= 15 is 0 Å². The van der Waals surface area contributed by atoms with Gasteiger partial charge in [-0.2, -0.15) is 0 Å². The first-order valence-corrected chi connectivity index (χ1v) is 7.24. The fourth-order valence-corrected chi connectivity index (χ4v) is 2.09. The highest BCUT2D eigenvalue weighted by molar-refractivity contribution is 5.20. The Hall–Kier alpha value is -1.03. The molecule has 1 N–H and O–H groups in total. The molecule has 0 aliphatic carbocycles. The van der Waals surface area contributed by atoms with Crippen molar-refractivity contribution < 1.29 is 13.2 Å². The zero-order chi connectivity index (χ0) is 15.1. The molecule has 1 aromatic rings. The third kappa shape index (κ3) is 5.95. The van der Waals surface area contributed by atoms with E-state index in [9.17, 15) is 13.2 Å². The molecule has 1 atom stereocenters. The predicted octanol–water partition coefficient (Wildman–Crippen LogP) is 4.31. The lowest BCUT2D eigenvalue weighted by Gasteiger charge is -2.13. The quantitative estimate of drug-likeness (QED) is 0.703. The molecule has 114 valence electrons. The molecule has 20 heavy (non-hydrogen) atoms. The van der Waals surface area contributed by atoms with Crippen molar-refractivity contribution in [1.29, 1.82) is 0 Å². The van der Waals surface area contributed by atoms with Gasteiger partial charge in [0.15, 0.2) is 0 Å². The van der Waals surface area contributed by atoms with Gasteiger partial charge in [-0.25, -0.2) is 13.2 Å². The van der Waals surface area contributed by atoms with Gasteiger partial charge in [0.25, 0.3) is 0 Å². The van der Waals surface area contributed by atoms with Gasteiger partial charge in [0, 0.05) is 17.7 Å². The summed E-state index contributed by atoms with van der Waals surface area (Å²) in [5, 5.41) is 3.35. The van der Waals surface area contributed by atoms with Gasteiger partial charge in [0.2, 0.25) is 0 Å². The molecule has 0 aromatic heterocycles. The minimum absolute atomic E-state index is 0.00612. The number of benzene rings is 1. The van der Waals surface area contributed by atoms with Crippen LogP contribution in [0.1, 0.15) is 39.2 Å². The van der Waals surface area contributed by atoms with Gasteiger partial charge in [-0.15, -0.1) is 0 Å². The molecule has 0 aliphatic rings. The summed E-state index contributed by atoms with van der Waals surface area (Å²) < 4.78 is 39.7. The third-order valence-corrected chi connectivity index (χ3v) is 3.36. The van der Waals surface area contributed by atoms with Crippen LogP contribution in [0, 0.1) is 29.3 Å². The lowest BCUT2D eigenvalue weighted by Crippen LogP contribution is -2.22. The maximum atomic E-state index is 13.5. The Kier molecular flexibility index (Phi) is 7.06. The van der Waals surface area contributed by atoms with Crippen molar-refractivity contribution in [1.82, 2.24) is 5.32 Å². The number of hydrogen-bond acceptors (Lipinski definition) is 1. The topological polar surface area (TPSA) is 12.0 Å². The van der Waals surface area contributed by atoms with E-state index in [4.69, 9.17) is 0 Å². The molecule has 0 radical (unpaired) electrons. The van der Waals surface area contributed by atoms with E-state index in [0.29, 0.717) is 24.7 Å². The van der Waals surface area contributed by atoms with Gasteiger partial charge in [-0.3, -0.25) is 0 Å². The highest BCUT2D eigenvalue weighted by Crippen LogP contribution is 2.19. The molecule has 0 bridgehead atoms. The lowest BCUT2D eigenvalue weighted by molar-refractivity contribution is 0.443.